The molecule has 0 radical (unpaired) electrons. The number of likely N-dealkylation sites (tertiary alicyclic amines) is 1. The summed E-state index contributed by atoms with van der Waals surface area (Å²) in [4.78, 5) is 30.2. The zero-order chi connectivity index (χ0) is 24.8. The molecule has 0 unspecified atom stereocenters. The molecular weight excluding hydrogens is 468 g/mol. The Morgan fingerprint density at radius 1 is 1.00 bits per heavy atom. The van der Waals surface area contributed by atoms with Crippen molar-refractivity contribution in [1.82, 2.24) is 9.80 Å². The molecule has 2 aromatic rings. The number of halogens is 1. The molecule has 2 aromatic carbocycles. The first-order valence-corrected chi connectivity index (χ1v) is 12.5. The Bertz CT molecular complexity index is 1040. The lowest BCUT2D eigenvalue weighted by molar-refractivity contribution is -0.153. The van der Waals surface area contributed by atoms with Gasteiger partial charge in [0.05, 0.1) is 26.7 Å². The minimum Gasteiger partial charge on any atom is -0.497 e. The molecule has 0 saturated carbocycles. The van der Waals surface area contributed by atoms with Crippen molar-refractivity contribution >= 4 is 23.4 Å². The van der Waals surface area contributed by atoms with Crippen molar-refractivity contribution in [2.24, 2.45) is 0 Å². The van der Waals surface area contributed by atoms with Crippen molar-refractivity contribution in [2.45, 2.75) is 38.2 Å². The summed E-state index contributed by atoms with van der Waals surface area (Å²) in [5, 5.41) is 0.664. The first-order valence-electron chi connectivity index (χ1n) is 12.1. The molecule has 1 atom stereocenters. The highest BCUT2D eigenvalue weighted by Crippen LogP contribution is 2.28. The normalized spacial score (nSPS) is 20.4. The number of hydrogen-bond donors (Lipinski definition) is 0. The second-order valence-electron chi connectivity index (χ2n) is 9.30. The smallest absolute Gasteiger partial charge is 0.254 e. The number of ether oxygens (including phenoxy) is 3. The zero-order valence-electron chi connectivity index (χ0n) is 20.4. The number of piperidine rings is 1. The topological polar surface area (TPSA) is 68.3 Å². The van der Waals surface area contributed by atoms with Crippen LogP contribution in [0.2, 0.25) is 5.02 Å². The van der Waals surface area contributed by atoms with Gasteiger partial charge >= 0.3 is 0 Å². The first-order chi connectivity index (χ1) is 16.9. The number of amides is 2. The Kier molecular flexibility index (Phi) is 8.19. The maximum atomic E-state index is 13.3. The number of carbonyl (C=O) groups is 2. The molecule has 35 heavy (non-hydrogen) atoms. The lowest BCUT2D eigenvalue weighted by atomic mass is 9.95. The van der Waals surface area contributed by atoms with Crippen LogP contribution in [0.25, 0.3) is 0 Å². The number of nitrogens with zero attached hydrogens (tertiary/aromatic N) is 2. The SMILES string of the molecule is COc1ccc(C(=O)N2CCO[C@@](COc3ccc(Cl)c(C)c3)(CC(=O)N3CCCCC3)C2)cc1. The predicted molar refractivity (Wildman–Crippen MR) is 134 cm³/mol. The van der Waals surface area contributed by atoms with Gasteiger partial charge in [-0.25, -0.2) is 0 Å². The van der Waals surface area contributed by atoms with E-state index >= 15 is 0 Å². The van der Waals surface area contributed by atoms with Gasteiger partial charge in [0.25, 0.3) is 5.91 Å². The summed E-state index contributed by atoms with van der Waals surface area (Å²) in [5.41, 5.74) is 0.532. The van der Waals surface area contributed by atoms with E-state index < -0.39 is 5.60 Å². The minimum absolute atomic E-state index is 0.0410. The van der Waals surface area contributed by atoms with Gasteiger partial charge in [0.2, 0.25) is 5.91 Å². The Hall–Kier alpha value is -2.77. The molecular formula is C27H33ClN2O5. The van der Waals surface area contributed by atoms with Crippen LogP contribution in [0.3, 0.4) is 0 Å². The third-order valence-electron chi connectivity index (χ3n) is 6.69. The lowest BCUT2D eigenvalue weighted by Gasteiger charge is -2.43. The van der Waals surface area contributed by atoms with Crippen molar-refractivity contribution < 1.29 is 23.8 Å². The van der Waals surface area contributed by atoms with Gasteiger partial charge in [0.15, 0.2) is 0 Å². The number of rotatable bonds is 7. The second kappa shape index (κ2) is 11.3. The standard InChI is InChI=1S/C27H33ClN2O5/c1-20-16-23(10-11-24(20)28)34-19-27(17-25(31)29-12-4-3-5-13-29)18-30(14-15-35-27)26(32)21-6-8-22(33-2)9-7-21/h6-11,16H,3-5,12-15,17-19H2,1-2H3/t27-/m0/s1. The Balaban J connectivity index is 1.53. The molecule has 2 saturated heterocycles. The Labute approximate surface area is 211 Å². The summed E-state index contributed by atoms with van der Waals surface area (Å²) in [5.74, 6) is 1.28. The molecule has 8 heteroatoms. The van der Waals surface area contributed by atoms with Crippen molar-refractivity contribution in [3.8, 4) is 11.5 Å². The average molecular weight is 501 g/mol. The number of aryl methyl sites for hydroxylation is 1. The maximum absolute atomic E-state index is 13.3. The van der Waals surface area contributed by atoms with Gasteiger partial charge in [-0.15, -0.1) is 0 Å². The van der Waals surface area contributed by atoms with E-state index in [0.29, 0.717) is 35.2 Å². The molecule has 4 rings (SSSR count). The number of carbonyl (C=O) groups excluding carboxylic acids is 2. The molecule has 0 N–H and O–H groups in total. The van der Waals surface area contributed by atoms with E-state index in [1.807, 2.05) is 17.9 Å². The zero-order valence-corrected chi connectivity index (χ0v) is 21.2. The van der Waals surface area contributed by atoms with Crippen molar-refractivity contribution in [3.63, 3.8) is 0 Å². The fourth-order valence-corrected chi connectivity index (χ4v) is 4.75. The summed E-state index contributed by atoms with van der Waals surface area (Å²) in [6, 6.07) is 12.5. The molecule has 0 aliphatic carbocycles. The molecule has 7 nitrogen and oxygen atoms in total. The number of morpholine rings is 1. The molecule has 2 amide bonds. The van der Waals surface area contributed by atoms with E-state index in [1.54, 1.807) is 48.4 Å². The van der Waals surface area contributed by atoms with Crippen LogP contribution >= 0.6 is 11.6 Å². The number of hydrogen-bond acceptors (Lipinski definition) is 5. The fourth-order valence-electron chi connectivity index (χ4n) is 4.63. The van der Waals surface area contributed by atoms with Gasteiger partial charge in [0, 0.05) is 30.2 Å². The fraction of sp³-hybridized carbons (Fsp3) is 0.481. The summed E-state index contributed by atoms with van der Waals surface area (Å²) >= 11 is 6.16. The van der Waals surface area contributed by atoms with E-state index in [1.165, 1.54) is 0 Å². The highest BCUT2D eigenvalue weighted by Gasteiger charge is 2.42. The number of benzene rings is 2. The second-order valence-corrected chi connectivity index (χ2v) is 9.71. The van der Waals surface area contributed by atoms with Crippen LogP contribution in [0.1, 0.15) is 41.6 Å². The van der Waals surface area contributed by atoms with Gasteiger partial charge < -0.3 is 24.0 Å². The predicted octanol–water partition coefficient (Wildman–Crippen LogP) is 4.35. The average Bonchev–Trinajstić information content (AvgIpc) is 2.89. The first kappa shape index (κ1) is 25.3. The Morgan fingerprint density at radius 3 is 2.40 bits per heavy atom. The molecule has 0 aromatic heterocycles. The summed E-state index contributed by atoms with van der Waals surface area (Å²) in [7, 11) is 1.59. The van der Waals surface area contributed by atoms with E-state index in [-0.39, 0.29) is 31.4 Å². The van der Waals surface area contributed by atoms with Crippen molar-refractivity contribution in [1.29, 1.82) is 0 Å². The van der Waals surface area contributed by atoms with Crippen LogP contribution in [0.4, 0.5) is 0 Å². The molecule has 0 bridgehead atoms. The van der Waals surface area contributed by atoms with Crippen molar-refractivity contribution in [2.75, 3.05) is 46.5 Å². The van der Waals surface area contributed by atoms with Crippen LogP contribution in [0, 0.1) is 6.92 Å². The lowest BCUT2D eigenvalue weighted by Crippen LogP contribution is -2.58. The van der Waals surface area contributed by atoms with Gasteiger partial charge in [0.1, 0.15) is 23.7 Å². The van der Waals surface area contributed by atoms with Crippen LogP contribution in [0.5, 0.6) is 11.5 Å². The minimum atomic E-state index is -0.942. The van der Waals surface area contributed by atoms with E-state index in [2.05, 4.69) is 0 Å². The van der Waals surface area contributed by atoms with Gasteiger partial charge in [-0.3, -0.25) is 9.59 Å². The molecule has 2 aliphatic rings. The van der Waals surface area contributed by atoms with Crippen LogP contribution in [-0.4, -0.2) is 73.7 Å². The van der Waals surface area contributed by atoms with Gasteiger partial charge in [-0.1, -0.05) is 11.6 Å². The third-order valence-corrected chi connectivity index (χ3v) is 7.11. The number of methoxy groups -OCH3 is 1. The van der Waals surface area contributed by atoms with Gasteiger partial charge in [-0.2, -0.15) is 0 Å². The quantitative estimate of drug-likeness (QED) is 0.565. The van der Waals surface area contributed by atoms with Crippen LogP contribution < -0.4 is 9.47 Å². The van der Waals surface area contributed by atoms with Gasteiger partial charge in [-0.05, 0) is 74.2 Å². The van der Waals surface area contributed by atoms with E-state index in [9.17, 15) is 9.59 Å². The highest BCUT2D eigenvalue weighted by molar-refractivity contribution is 6.31. The molecule has 2 aliphatic heterocycles. The van der Waals surface area contributed by atoms with Crippen LogP contribution in [-0.2, 0) is 9.53 Å². The van der Waals surface area contributed by atoms with E-state index in [0.717, 1.165) is 37.9 Å². The summed E-state index contributed by atoms with van der Waals surface area (Å²) < 4.78 is 17.6. The monoisotopic (exact) mass is 500 g/mol. The largest absolute Gasteiger partial charge is 0.497 e. The Morgan fingerprint density at radius 2 is 1.71 bits per heavy atom. The molecule has 188 valence electrons. The summed E-state index contributed by atoms with van der Waals surface area (Å²) in [6.07, 6.45) is 3.34. The molecule has 2 fully saturated rings. The van der Waals surface area contributed by atoms with Crippen molar-refractivity contribution in [3.05, 3.63) is 58.6 Å². The summed E-state index contributed by atoms with van der Waals surface area (Å²) in [6.45, 7) is 4.64. The third kappa shape index (κ3) is 6.27. The highest BCUT2D eigenvalue weighted by atomic mass is 35.5. The van der Waals surface area contributed by atoms with E-state index in [4.69, 9.17) is 25.8 Å². The van der Waals surface area contributed by atoms with Crippen LogP contribution in [0.15, 0.2) is 42.5 Å². The molecule has 2 heterocycles. The maximum Gasteiger partial charge on any atom is 0.254 e. The molecule has 0 spiro atoms.